The Morgan fingerprint density at radius 2 is 1.45 bits per heavy atom. The quantitative estimate of drug-likeness (QED) is 0.529. The van der Waals surface area contributed by atoms with Gasteiger partial charge in [-0.25, -0.2) is 0 Å². The molecule has 0 spiro atoms. The van der Waals surface area contributed by atoms with E-state index in [9.17, 15) is 9.59 Å². The van der Waals surface area contributed by atoms with E-state index >= 15 is 0 Å². The first-order chi connectivity index (χ1) is 5.20. The van der Waals surface area contributed by atoms with Gasteiger partial charge in [-0.05, 0) is 0 Å². The van der Waals surface area contributed by atoms with Crippen molar-refractivity contribution in [3.8, 4) is 0 Å². The van der Waals surface area contributed by atoms with Gasteiger partial charge in [-0.15, -0.1) is 0 Å². The number of carbonyl (C=O) groups excluding carboxylic acids is 2. The molecular weight excluding hydrogens is 343 g/mol. The van der Waals surface area contributed by atoms with Gasteiger partial charge in [-0.1, -0.05) is 0 Å². The Morgan fingerprint density at radius 1 is 1.09 bits per heavy atom. The Morgan fingerprint density at radius 3 is 1.73 bits per heavy atom. The van der Waals surface area contributed by atoms with E-state index in [0.717, 1.165) is 12.2 Å². The third-order valence-electron chi connectivity index (χ3n) is 0.618. The Labute approximate surface area is 77.4 Å². The molecule has 0 heterocycles. The molecule has 0 rings (SSSR count). The molecular formula is C6H6O4Pb. The first kappa shape index (κ1) is 10.3. The summed E-state index contributed by atoms with van der Waals surface area (Å²) in [7, 11) is 0. The van der Waals surface area contributed by atoms with Gasteiger partial charge in [0, 0.05) is 0 Å². The average Bonchev–Trinajstić information content (AvgIpc) is 2.04. The van der Waals surface area contributed by atoms with E-state index in [0.29, 0.717) is 0 Å². The fourth-order valence-corrected chi connectivity index (χ4v) is 1.63. The first-order valence-electron chi connectivity index (χ1n) is 2.62. The molecule has 11 heavy (non-hydrogen) atoms. The van der Waals surface area contributed by atoms with E-state index in [4.69, 9.17) is 0 Å². The van der Waals surface area contributed by atoms with Gasteiger partial charge in [0.1, 0.15) is 0 Å². The van der Waals surface area contributed by atoms with Gasteiger partial charge < -0.3 is 0 Å². The van der Waals surface area contributed by atoms with Crippen molar-refractivity contribution < 1.29 is 15.0 Å². The molecule has 58 valence electrons. The molecule has 0 aromatic heterocycles. The zero-order valence-electron chi connectivity index (χ0n) is 5.70. The SMILES string of the molecule is C=CC(=O)[O][Pb][O]C(=O)C=C. The van der Waals surface area contributed by atoms with Crippen LogP contribution in [0.4, 0.5) is 0 Å². The summed E-state index contributed by atoms with van der Waals surface area (Å²) < 4.78 is 9.02. The van der Waals surface area contributed by atoms with Gasteiger partial charge in [0.05, 0.1) is 0 Å². The Balaban J connectivity index is 3.41. The van der Waals surface area contributed by atoms with Crippen molar-refractivity contribution in [2.24, 2.45) is 0 Å². The van der Waals surface area contributed by atoms with E-state index in [-0.39, 0.29) is 0 Å². The first-order valence-corrected chi connectivity index (χ1v) is 5.79. The Hall–Kier alpha value is -0.658. The molecule has 4 nitrogen and oxygen atoms in total. The van der Waals surface area contributed by atoms with Gasteiger partial charge in [0.2, 0.25) is 0 Å². The van der Waals surface area contributed by atoms with E-state index in [1.165, 1.54) is 0 Å². The summed E-state index contributed by atoms with van der Waals surface area (Å²) in [5.41, 5.74) is 0. The molecule has 0 N–H and O–H groups in total. The molecule has 0 fully saturated rings. The van der Waals surface area contributed by atoms with E-state index < -0.39 is 37.1 Å². The monoisotopic (exact) mass is 350 g/mol. The van der Waals surface area contributed by atoms with E-state index in [2.05, 4.69) is 18.5 Å². The average molecular weight is 349 g/mol. The molecule has 0 saturated heterocycles. The summed E-state index contributed by atoms with van der Waals surface area (Å²) in [6.07, 6.45) is 2.05. The number of hydrogen-bond donors (Lipinski definition) is 0. The van der Waals surface area contributed by atoms with Gasteiger partial charge in [0.15, 0.2) is 0 Å². The summed E-state index contributed by atoms with van der Waals surface area (Å²) in [5, 5.41) is 0. The van der Waals surface area contributed by atoms with Crippen LogP contribution in [0, 0.1) is 0 Å². The maximum absolute atomic E-state index is 10.4. The minimum absolute atomic E-state index is 0.551. The Kier molecular flexibility index (Phi) is 5.71. The van der Waals surface area contributed by atoms with Crippen LogP contribution >= 0.6 is 0 Å². The second-order valence-electron chi connectivity index (χ2n) is 1.33. The molecule has 0 saturated carbocycles. The van der Waals surface area contributed by atoms with Gasteiger partial charge in [0.25, 0.3) is 0 Å². The second-order valence-corrected chi connectivity index (χ2v) is 3.57. The number of hydrogen-bond acceptors (Lipinski definition) is 4. The predicted octanol–water partition coefficient (Wildman–Crippen LogP) is -0.0210. The minimum atomic E-state index is -2.00. The third-order valence-corrected chi connectivity index (χ3v) is 2.83. The van der Waals surface area contributed by atoms with Crippen molar-refractivity contribution in [1.29, 1.82) is 0 Å². The maximum atomic E-state index is 10.4. The molecule has 0 unspecified atom stereocenters. The third kappa shape index (κ3) is 5.77. The van der Waals surface area contributed by atoms with Crippen LogP contribution in [0.3, 0.4) is 0 Å². The van der Waals surface area contributed by atoms with Crippen molar-refractivity contribution in [2.45, 2.75) is 0 Å². The number of rotatable bonds is 4. The molecule has 2 radical (unpaired) electrons. The molecule has 0 aliphatic heterocycles. The molecule has 0 bridgehead atoms. The fourth-order valence-electron chi connectivity index (χ4n) is 0.186. The van der Waals surface area contributed by atoms with Crippen molar-refractivity contribution in [3.05, 3.63) is 25.3 Å². The van der Waals surface area contributed by atoms with Gasteiger partial charge >= 0.3 is 77.4 Å². The molecule has 0 atom stereocenters. The Bertz CT molecular complexity index is 167. The second kappa shape index (κ2) is 6.08. The molecule has 0 aromatic rings. The summed E-state index contributed by atoms with van der Waals surface area (Å²) in [6.45, 7) is 6.35. The predicted molar refractivity (Wildman–Crippen MR) is 38.3 cm³/mol. The fraction of sp³-hybridized carbons (Fsp3) is 0. The number of carbonyl (C=O) groups is 2. The van der Waals surface area contributed by atoms with E-state index in [1.807, 2.05) is 0 Å². The topological polar surface area (TPSA) is 52.6 Å². The van der Waals surface area contributed by atoms with Crippen LogP contribution in [-0.4, -0.2) is 37.1 Å². The van der Waals surface area contributed by atoms with Crippen LogP contribution in [0.1, 0.15) is 0 Å². The van der Waals surface area contributed by atoms with Crippen LogP contribution in [0.5, 0.6) is 0 Å². The molecule has 0 amide bonds. The van der Waals surface area contributed by atoms with Crippen molar-refractivity contribution in [2.75, 3.05) is 0 Å². The van der Waals surface area contributed by atoms with Crippen LogP contribution < -0.4 is 0 Å². The van der Waals surface area contributed by atoms with Crippen molar-refractivity contribution in [1.82, 2.24) is 0 Å². The van der Waals surface area contributed by atoms with Crippen molar-refractivity contribution >= 4 is 37.1 Å². The van der Waals surface area contributed by atoms with Gasteiger partial charge in [-0.3, -0.25) is 0 Å². The van der Waals surface area contributed by atoms with E-state index in [1.54, 1.807) is 0 Å². The molecule has 5 heteroatoms. The summed E-state index contributed by atoms with van der Waals surface area (Å²) in [4.78, 5) is 20.7. The summed E-state index contributed by atoms with van der Waals surface area (Å²) in [6, 6.07) is 0. The molecule has 0 aliphatic rings. The molecule has 0 aromatic carbocycles. The van der Waals surface area contributed by atoms with Crippen LogP contribution in [0.25, 0.3) is 0 Å². The van der Waals surface area contributed by atoms with Crippen LogP contribution in [0.2, 0.25) is 0 Å². The standard InChI is InChI=1S/2C3H4O2.Pb/c2*1-2-3(4)5;/h2*2H,1H2,(H,4,5);/q;;+2/p-2. The zero-order valence-corrected chi connectivity index (χ0v) is 9.59. The summed E-state index contributed by atoms with van der Waals surface area (Å²) >= 11 is -2.00. The van der Waals surface area contributed by atoms with Crippen molar-refractivity contribution in [3.63, 3.8) is 0 Å². The van der Waals surface area contributed by atoms with Crippen LogP contribution in [-0.2, 0) is 15.0 Å². The zero-order chi connectivity index (χ0) is 8.69. The normalized spacial score (nSPS) is 8.00. The van der Waals surface area contributed by atoms with Gasteiger partial charge in [-0.2, -0.15) is 0 Å². The molecule has 0 aliphatic carbocycles. The summed E-state index contributed by atoms with van der Waals surface area (Å²) in [5.74, 6) is -1.10. The van der Waals surface area contributed by atoms with Crippen LogP contribution in [0.15, 0.2) is 25.3 Å².